The van der Waals surface area contributed by atoms with E-state index in [1.54, 1.807) is 0 Å². The first-order chi connectivity index (χ1) is 16.3. The van der Waals surface area contributed by atoms with Crippen molar-refractivity contribution in [2.45, 2.75) is 56.7 Å². The van der Waals surface area contributed by atoms with E-state index in [9.17, 15) is 0 Å². The van der Waals surface area contributed by atoms with Crippen LogP contribution in [0.25, 0.3) is 0 Å². The molecule has 172 valence electrons. The minimum atomic E-state index is 0.0583. The van der Waals surface area contributed by atoms with Gasteiger partial charge in [-0.1, -0.05) is 43.5 Å². The highest BCUT2D eigenvalue weighted by atomic mass is 32.1. The van der Waals surface area contributed by atoms with Crippen LogP contribution in [-0.2, 0) is 0 Å². The van der Waals surface area contributed by atoms with Crippen molar-refractivity contribution in [3.05, 3.63) is 84.4 Å². The zero-order valence-electron chi connectivity index (χ0n) is 19.1. The van der Waals surface area contributed by atoms with Gasteiger partial charge in [-0.3, -0.25) is 4.98 Å². The summed E-state index contributed by atoms with van der Waals surface area (Å²) >= 11 is 5.83. The number of para-hydroxylation sites is 1. The van der Waals surface area contributed by atoms with Crippen LogP contribution in [-0.4, -0.2) is 32.7 Å². The number of benzene rings is 1. The van der Waals surface area contributed by atoms with Crippen LogP contribution >= 0.6 is 12.2 Å². The van der Waals surface area contributed by atoms with Crippen molar-refractivity contribution < 1.29 is 0 Å². The lowest BCUT2D eigenvalue weighted by Crippen LogP contribution is -2.31. The van der Waals surface area contributed by atoms with Gasteiger partial charge >= 0.3 is 0 Å². The molecule has 2 aliphatic rings. The molecule has 2 atom stereocenters. The van der Waals surface area contributed by atoms with Gasteiger partial charge in [0.2, 0.25) is 0 Å². The number of thiocarbonyl (C=S) groups is 1. The Morgan fingerprint density at radius 3 is 2.61 bits per heavy atom. The first-order valence-corrected chi connectivity index (χ1v) is 12.6. The Bertz CT molecular complexity index is 1030. The number of anilines is 1. The number of rotatable bonds is 8. The largest absolute Gasteiger partial charge is 0.385 e. The Kier molecular flexibility index (Phi) is 6.91. The highest BCUT2D eigenvalue weighted by molar-refractivity contribution is 7.80. The van der Waals surface area contributed by atoms with Gasteiger partial charge in [-0.05, 0) is 67.4 Å². The summed E-state index contributed by atoms with van der Waals surface area (Å²) in [7, 11) is 0. The van der Waals surface area contributed by atoms with Crippen LogP contribution in [0.1, 0.15) is 67.9 Å². The molecule has 0 radical (unpaired) electrons. The van der Waals surface area contributed by atoms with Crippen molar-refractivity contribution in [1.82, 2.24) is 19.8 Å². The average molecular weight is 460 g/mol. The first kappa shape index (κ1) is 22.0. The summed E-state index contributed by atoms with van der Waals surface area (Å²) in [5, 5.41) is 7.92. The van der Waals surface area contributed by atoms with Crippen LogP contribution in [0.3, 0.4) is 0 Å². The standard InChI is InChI=1S/C27H33N5S/c33-27-30-25(24-14-7-8-16-29-24)26(21-15-19-31(20-21)23-12-5-2-6-13-23)32(27)18-9-17-28-22-10-3-1-4-11-22/h1,3-4,7-8,10-11,14-16,19-20,23,25-26,28H,2,5-6,9,12-13,17-18H2,(H,30,33)/t25-,26+/m0/s1. The molecule has 1 saturated heterocycles. The Labute approximate surface area is 202 Å². The molecular formula is C27H33N5S. The summed E-state index contributed by atoms with van der Waals surface area (Å²) in [4.78, 5) is 7.03. The fourth-order valence-electron chi connectivity index (χ4n) is 5.26. The summed E-state index contributed by atoms with van der Waals surface area (Å²) in [5.41, 5.74) is 3.52. The fourth-order valence-corrected chi connectivity index (χ4v) is 5.59. The van der Waals surface area contributed by atoms with Gasteiger partial charge in [0.15, 0.2) is 5.11 Å². The molecule has 0 amide bonds. The van der Waals surface area contributed by atoms with E-state index in [1.165, 1.54) is 37.7 Å². The molecule has 0 bridgehead atoms. The molecule has 1 saturated carbocycles. The molecule has 33 heavy (non-hydrogen) atoms. The van der Waals surface area contributed by atoms with Crippen molar-refractivity contribution in [3.8, 4) is 0 Å². The Hall–Kier alpha value is -2.86. The molecule has 2 fully saturated rings. The van der Waals surface area contributed by atoms with Gasteiger partial charge in [-0.25, -0.2) is 0 Å². The molecule has 2 N–H and O–H groups in total. The lowest BCUT2D eigenvalue weighted by atomic mass is 9.95. The minimum absolute atomic E-state index is 0.0583. The van der Waals surface area contributed by atoms with E-state index in [0.29, 0.717) is 6.04 Å². The quantitative estimate of drug-likeness (QED) is 0.326. The second kappa shape index (κ2) is 10.4. The topological polar surface area (TPSA) is 45.1 Å². The fraction of sp³-hybridized carbons (Fsp3) is 0.407. The molecular weight excluding hydrogens is 426 g/mol. The Morgan fingerprint density at radius 2 is 1.82 bits per heavy atom. The smallest absolute Gasteiger partial charge is 0.170 e. The number of pyridine rings is 1. The predicted octanol–water partition coefficient (Wildman–Crippen LogP) is 5.86. The van der Waals surface area contributed by atoms with Crippen LogP contribution in [0.2, 0.25) is 0 Å². The van der Waals surface area contributed by atoms with Gasteiger partial charge in [0.05, 0.1) is 17.8 Å². The second-order valence-corrected chi connectivity index (χ2v) is 9.54. The van der Waals surface area contributed by atoms with Crippen molar-refractivity contribution in [1.29, 1.82) is 0 Å². The molecule has 2 aromatic heterocycles. The third-order valence-electron chi connectivity index (χ3n) is 6.95. The third-order valence-corrected chi connectivity index (χ3v) is 7.30. The van der Waals surface area contributed by atoms with Crippen LogP contribution in [0.5, 0.6) is 0 Å². The number of hydrogen-bond donors (Lipinski definition) is 2. The maximum atomic E-state index is 5.83. The normalized spacial score (nSPS) is 21.2. The molecule has 5 rings (SSSR count). The Morgan fingerprint density at radius 1 is 1.00 bits per heavy atom. The van der Waals surface area contributed by atoms with Gasteiger partial charge in [-0.15, -0.1) is 0 Å². The molecule has 1 aliphatic heterocycles. The van der Waals surface area contributed by atoms with Gasteiger partial charge < -0.3 is 20.1 Å². The summed E-state index contributed by atoms with van der Waals surface area (Å²) in [6.07, 6.45) is 14.1. The molecule has 5 nitrogen and oxygen atoms in total. The van der Waals surface area contributed by atoms with Crippen molar-refractivity contribution in [2.75, 3.05) is 18.4 Å². The molecule has 0 spiro atoms. The second-order valence-electron chi connectivity index (χ2n) is 9.15. The van der Waals surface area contributed by atoms with E-state index in [1.807, 2.05) is 18.3 Å². The summed E-state index contributed by atoms with van der Waals surface area (Å²) in [6.45, 7) is 1.81. The van der Waals surface area contributed by atoms with Crippen LogP contribution in [0, 0.1) is 0 Å². The number of hydrogen-bond acceptors (Lipinski definition) is 3. The number of nitrogens with one attached hydrogen (secondary N) is 2. The van der Waals surface area contributed by atoms with E-state index in [-0.39, 0.29) is 12.1 Å². The maximum absolute atomic E-state index is 5.83. The van der Waals surface area contributed by atoms with E-state index in [2.05, 4.69) is 79.9 Å². The number of aromatic nitrogens is 2. The first-order valence-electron chi connectivity index (χ1n) is 12.2. The molecule has 3 aromatic rings. The highest BCUT2D eigenvalue weighted by Crippen LogP contribution is 2.39. The predicted molar refractivity (Wildman–Crippen MR) is 138 cm³/mol. The molecule has 0 unspecified atom stereocenters. The minimum Gasteiger partial charge on any atom is -0.385 e. The molecule has 6 heteroatoms. The number of nitrogens with zero attached hydrogens (tertiary/aromatic N) is 3. The SMILES string of the molecule is S=C1N[C@@H](c2ccccn2)[C@@H](c2ccn(C3CCCCC3)c2)N1CCCNc1ccccc1. The summed E-state index contributed by atoms with van der Waals surface area (Å²) in [5.74, 6) is 0. The van der Waals surface area contributed by atoms with Crippen molar-refractivity contribution in [3.63, 3.8) is 0 Å². The lowest BCUT2D eigenvalue weighted by molar-refractivity contribution is 0.314. The lowest BCUT2D eigenvalue weighted by Gasteiger charge is -2.28. The van der Waals surface area contributed by atoms with Crippen LogP contribution in [0.4, 0.5) is 5.69 Å². The van der Waals surface area contributed by atoms with Gasteiger partial charge in [0, 0.05) is 43.4 Å². The maximum Gasteiger partial charge on any atom is 0.170 e. The zero-order chi connectivity index (χ0) is 22.5. The van der Waals surface area contributed by atoms with E-state index in [4.69, 9.17) is 12.2 Å². The molecule has 1 aliphatic carbocycles. The molecule has 1 aromatic carbocycles. The van der Waals surface area contributed by atoms with Gasteiger partial charge in [0.1, 0.15) is 0 Å². The zero-order valence-corrected chi connectivity index (χ0v) is 19.9. The van der Waals surface area contributed by atoms with Crippen molar-refractivity contribution in [2.24, 2.45) is 0 Å². The van der Waals surface area contributed by atoms with Gasteiger partial charge in [0.25, 0.3) is 0 Å². The average Bonchev–Trinajstić information content (AvgIpc) is 3.48. The van der Waals surface area contributed by atoms with Crippen LogP contribution in [0.15, 0.2) is 73.2 Å². The van der Waals surface area contributed by atoms with E-state index in [0.717, 1.165) is 36.0 Å². The summed E-state index contributed by atoms with van der Waals surface area (Å²) < 4.78 is 2.44. The van der Waals surface area contributed by atoms with Gasteiger partial charge in [-0.2, -0.15) is 0 Å². The Balaban J connectivity index is 1.33. The highest BCUT2D eigenvalue weighted by Gasteiger charge is 2.39. The molecule has 3 heterocycles. The van der Waals surface area contributed by atoms with Crippen LogP contribution < -0.4 is 10.6 Å². The summed E-state index contributed by atoms with van der Waals surface area (Å²) in [6, 6.07) is 19.6. The van der Waals surface area contributed by atoms with E-state index >= 15 is 0 Å². The van der Waals surface area contributed by atoms with E-state index < -0.39 is 0 Å². The third kappa shape index (κ3) is 5.06. The monoisotopic (exact) mass is 459 g/mol. The van der Waals surface area contributed by atoms with Crippen molar-refractivity contribution >= 4 is 23.0 Å².